The zero-order valence-electron chi connectivity index (χ0n) is 8.70. The van der Waals surface area contributed by atoms with Crippen LogP contribution >= 0.6 is 11.6 Å². The lowest BCUT2D eigenvalue weighted by molar-refractivity contribution is -0.124. The highest BCUT2D eigenvalue weighted by molar-refractivity contribution is 6.34. The fourth-order valence-electron chi connectivity index (χ4n) is 1.63. The molecular formula is C11H13ClN2O2. The minimum atomic E-state index is -0.353. The Hall–Kier alpha value is -1.26. The number of benzene rings is 1. The van der Waals surface area contributed by atoms with Crippen molar-refractivity contribution in [1.82, 2.24) is 0 Å². The van der Waals surface area contributed by atoms with Gasteiger partial charge in [-0.25, -0.2) is 0 Å². The molecule has 3 N–H and O–H groups in total. The third-order valence-electron chi connectivity index (χ3n) is 2.47. The molecule has 1 heterocycles. The van der Waals surface area contributed by atoms with Gasteiger partial charge >= 0.3 is 0 Å². The maximum absolute atomic E-state index is 11.7. The van der Waals surface area contributed by atoms with E-state index in [1.165, 1.54) is 0 Å². The Morgan fingerprint density at radius 3 is 3.00 bits per heavy atom. The third-order valence-corrected chi connectivity index (χ3v) is 2.79. The van der Waals surface area contributed by atoms with Gasteiger partial charge in [-0.1, -0.05) is 11.6 Å². The summed E-state index contributed by atoms with van der Waals surface area (Å²) in [7, 11) is 0. The number of nitrogens with two attached hydrogens (primary N) is 1. The summed E-state index contributed by atoms with van der Waals surface area (Å²) in [6.07, 6.45) is 1.33. The van der Waals surface area contributed by atoms with Crippen LogP contribution in [0.5, 0.6) is 0 Å². The molecule has 1 aliphatic rings. The summed E-state index contributed by atoms with van der Waals surface area (Å²) >= 11 is 5.94. The van der Waals surface area contributed by atoms with Crippen LogP contribution in [-0.2, 0) is 9.53 Å². The summed E-state index contributed by atoms with van der Waals surface area (Å²) in [6, 6.07) is 4.98. The van der Waals surface area contributed by atoms with Crippen molar-refractivity contribution in [2.24, 2.45) is 0 Å². The number of nitrogen functional groups attached to an aromatic ring is 1. The molecule has 0 aliphatic carbocycles. The second kappa shape index (κ2) is 4.72. The molecule has 1 fully saturated rings. The first-order chi connectivity index (χ1) is 7.66. The first-order valence-electron chi connectivity index (χ1n) is 5.14. The topological polar surface area (TPSA) is 64.3 Å². The van der Waals surface area contributed by atoms with Crippen LogP contribution in [0.3, 0.4) is 0 Å². The highest BCUT2D eigenvalue weighted by atomic mass is 35.5. The molecule has 16 heavy (non-hydrogen) atoms. The molecular weight excluding hydrogens is 228 g/mol. The quantitative estimate of drug-likeness (QED) is 0.778. The second-order valence-electron chi connectivity index (χ2n) is 3.73. The molecule has 1 saturated heterocycles. The van der Waals surface area contributed by atoms with Crippen molar-refractivity contribution in [3.8, 4) is 0 Å². The average Bonchev–Trinajstić information content (AvgIpc) is 2.75. The molecule has 1 aromatic rings. The maximum atomic E-state index is 11.7. The molecule has 0 spiro atoms. The lowest BCUT2D eigenvalue weighted by atomic mass is 10.2. The molecule has 0 unspecified atom stereocenters. The molecule has 1 aromatic carbocycles. The average molecular weight is 241 g/mol. The van der Waals surface area contributed by atoms with Crippen molar-refractivity contribution in [3.63, 3.8) is 0 Å². The number of halogens is 1. The van der Waals surface area contributed by atoms with Gasteiger partial charge in [0.25, 0.3) is 5.91 Å². The Morgan fingerprint density at radius 1 is 1.56 bits per heavy atom. The van der Waals surface area contributed by atoms with Gasteiger partial charge in [-0.15, -0.1) is 0 Å². The molecule has 1 amide bonds. The van der Waals surface area contributed by atoms with Gasteiger partial charge in [0.1, 0.15) is 6.10 Å². The molecule has 1 aliphatic heterocycles. The smallest absolute Gasteiger partial charge is 0.253 e. The van der Waals surface area contributed by atoms with Gasteiger partial charge in [0.15, 0.2) is 0 Å². The summed E-state index contributed by atoms with van der Waals surface area (Å²) in [5.41, 5.74) is 6.69. The summed E-state index contributed by atoms with van der Waals surface area (Å²) in [4.78, 5) is 11.7. The fourth-order valence-corrected chi connectivity index (χ4v) is 1.87. The molecule has 4 nitrogen and oxygen atoms in total. The van der Waals surface area contributed by atoms with Crippen molar-refractivity contribution >= 4 is 28.9 Å². The van der Waals surface area contributed by atoms with E-state index in [0.717, 1.165) is 12.8 Å². The van der Waals surface area contributed by atoms with Crippen LogP contribution in [0.2, 0.25) is 5.02 Å². The number of hydrogen-bond acceptors (Lipinski definition) is 3. The highest BCUT2D eigenvalue weighted by Crippen LogP contribution is 2.25. The van der Waals surface area contributed by atoms with E-state index in [1.54, 1.807) is 18.2 Å². The Bertz CT molecular complexity index is 403. The van der Waals surface area contributed by atoms with Crippen LogP contribution in [0.4, 0.5) is 11.4 Å². The van der Waals surface area contributed by atoms with Crippen molar-refractivity contribution < 1.29 is 9.53 Å². The molecule has 0 radical (unpaired) electrons. The summed E-state index contributed by atoms with van der Waals surface area (Å²) < 4.78 is 5.27. The molecule has 5 heteroatoms. The van der Waals surface area contributed by atoms with Gasteiger partial charge in [-0.05, 0) is 31.0 Å². The summed E-state index contributed by atoms with van der Waals surface area (Å²) in [5, 5.41) is 3.16. The van der Waals surface area contributed by atoms with Gasteiger partial charge in [0.05, 0.1) is 10.7 Å². The minimum Gasteiger partial charge on any atom is -0.399 e. The van der Waals surface area contributed by atoms with Crippen LogP contribution in [0.1, 0.15) is 12.8 Å². The number of anilines is 2. The van der Waals surface area contributed by atoms with Crippen LogP contribution in [0.15, 0.2) is 18.2 Å². The van der Waals surface area contributed by atoms with E-state index in [4.69, 9.17) is 22.1 Å². The summed E-state index contributed by atoms with van der Waals surface area (Å²) in [6.45, 7) is 0.646. The Labute approximate surface area is 98.7 Å². The molecule has 0 aromatic heterocycles. The standard InChI is InChI=1S/C11H13ClN2O2/c12-8-6-7(13)3-4-9(8)14-11(15)10-2-1-5-16-10/h3-4,6,10H,1-2,5,13H2,(H,14,15)/t10-/m0/s1. The fraction of sp³-hybridized carbons (Fsp3) is 0.364. The first-order valence-corrected chi connectivity index (χ1v) is 5.52. The zero-order valence-corrected chi connectivity index (χ0v) is 9.46. The lowest BCUT2D eigenvalue weighted by Crippen LogP contribution is -2.26. The summed E-state index contributed by atoms with van der Waals surface area (Å²) in [5.74, 6) is -0.149. The first kappa shape index (κ1) is 11.2. The molecule has 1 atom stereocenters. The predicted octanol–water partition coefficient (Wildman–Crippen LogP) is 2.04. The number of nitrogens with one attached hydrogen (secondary N) is 1. The Kier molecular flexibility index (Phi) is 3.31. The van der Waals surface area contributed by atoms with E-state index in [-0.39, 0.29) is 12.0 Å². The largest absolute Gasteiger partial charge is 0.399 e. The van der Waals surface area contributed by atoms with Crippen LogP contribution in [-0.4, -0.2) is 18.6 Å². The van der Waals surface area contributed by atoms with Crippen molar-refractivity contribution in [3.05, 3.63) is 23.2 Å². The van der Waals surface area contributed by atoms with E-state index >= 15 is 0 Å². The second-order valence-corrected chi connectivity index (χ2v) is 4.14. The van der Waals surface area contributed by atoms with Gasteiger partial charge in [-0.3, -0.25) is 4.79 Å². The van der Waals surface area contributed by atoms with Crippen LogP contribution in [0, 0.1) is 0 Å². The van der Waals surface area contributed by atoms with Gasteiger partial charge < -0.3 is 15.8 Å². The number of hydrogen-bond donors (Lipinski definition) is 2. The van der Waals surface area contributed by atoms with E-state index in [1.807, 2.05) is 0 Å². The highest BCUT2D eigenvalue weighted by Gasteiger charge is 2.23. The number of carbonyl (C=O) groups excluding carboxylic acids is 1. The Balaban J connectivity index is 2.05. The van der Waals surface area contributed by atoms with Crippen molar-refractivity contribution in [1.29, 1.82) is 0 Å². The number of amides is 1. The number of ether oxygens (including phenoxy) is 1. The van der Waals surface area contributed by atoms with E-state index in [2.05, 4.69) is 5.32 Å². The lowest BCUT2D eigenvalue weighted by Gasteiger charge is -2.11. The maximum Gasteiger partial charge on any atom is 0.253 e. The van der Waals surface area contributed by atoms with Gasteiger partial charge in [-0.2, -0.15) is 0 Å². The zero-order chi connectivity index (χ0) is 11.5. The van der Waals surface area contributed by atoms with Crippen molar-refractivity contribution in [2.45, 2.75) is 18.9 Å². The number of carbonyl (C=O) groups is 1. The SMILES string of the molecule is Nc1ccc(NC(=O)[C@@H]2CCCO2)c(Cl)c1. The third kappa shape index (κ3) is 2.46. The molecule has 0 saturated carbocycles. The Morgan fingerprint density at radius 2 is 2.38 bits per heavy atom. The van der Waals surface area contributed by atoms with Gasteiger partial charge in [0, 0.05) is 12.3 Å². The number of rotatable bonds is 2. The van der Waals surface area contributed by atoms with Crippen LogP contribution < -0.4 is 11.1 Å². The van der Waals surface area contributed by atoms with E-state index < -0.39 is 0 Å². The normalized spacial score (nSPS) is 19.7. The molecule has 0 bridgehead atoms. The molecule has 2 rings (SSSR count). The molecule has 86 valence electrons. The minimum absolute atomic E-state index is 0.149. The van der Waals surface area contributed by atoms with Crippen molar-refractivity contribution in [2.75, 3.05) is 17.7 Å². The predicted molar refractivity (Wildman–Crippen MR) is 63.5 cm³/mol. The van der Waals surface area contributed by atoms with Crippen LogP contribution in [0.25, 0.3) is 0 Å². The van der Waals surface area contributed by atoms with E-state index in [9.17, 15) is 4.79 Å². The van der Waals surface area contributed by atoms with Gasteiger partial charge in [0.2, 0.25) is 0 Å². The van der Waals surface area contributed by atoms with E-state index in [0.29, 0.717) is 23.0 Å². The monoisotopic (exact) mass is 240 g/mol.